The number of nitrogens with zero attached hydrogens (tertiary/aromatic N) is 2. The third kappa shape index (κ3) is 4.40. The van der Waals surface area contributed by atoms with Crippen molar-refractivity contribution in [1.82, 2.24) is 9.88 Å². The van der Waals surface area contributed by atoms with E-state index >= 15 is 0 Å². The van der Waals surface area contributed by atoms with Crippen LogP contribution in [0, 0.1) is 0 Å². The van der Waals surface area contributed by atoms with Crippen molar-refractivity contribution in [1.29, 1.82) is 0 Å². The van der Waals surface area contributed by atoms with Crippen molar-refractivity contribution in [3.63, 3.8) is 0 Å². The van der Waals surface area contributed by atoms with Crippen LogP contribution in [-0.4, -0.2) is 60.5 Å². The summed E-state index contributed by atoms with van der Waals surface area (Å²) in [6.07, 6.45) is 10.8. The topological polar surface area (TPSA) is 43.8 Å². The van der Waals surface area contributed by atoms with Crippen LogP contribution in [0.4, 0.5) is 0 Å². The molecule has 25 heavy (non-hydrogen) atoms. The maximum Gasteiger partial charge on any atom is 0.0741 e. The number of likely N-dealkylation sites (tertiary alicyclic amines) is 1. The normalized spacial score (nSPS) is 28.2. The van der Waals surface area contributed by atoms with Crippen LogP contribution < -0.4 is 0 Å². The van der Waals surface area contributed by atoms with Crippen LogP contribution in [0.25, 0.3) is 0 Å². The van der Waals surface area contributed by atoms with E-state index in [4.69, 9.17) is 14.2 Å². The van der Waals surface area contributed by atoms with Crippen LogP contribution in [0.3, 0.4) is 0 Å². The molecule has 1 unspecified atom stereocenters. The van der Waals surface area contributed by atoms with Crippen LogP contribution >= 0.6 is 0 Å². The van der Waals surface area contributed by atoms with Gasteiger partial charge in [-0.1, -0.05) is 6.07 Å². The molecule has 3 saturated heterocycles. The molecule has 0 aliphatic carbocycles. The Hall–Kier alpha value is -1.01. The Morgan fingerprint density at radius 3 is 2.76 bits per heavy atom. The van der Waals surface area contributed by atoms with Crippen LogP contribution in [0.5, 0.6) is 0 Å². The molecule has 0 N–H and O–H groups in total. The van der Waals surface area contributed by atoms with Gasteiger partial charge in [0.25, 0.3) is 0 Å². The second kappa shape index (κ2) is 8.12. The Kier molecular flexibility index (Phi) is 5.66. The molecule has 3 fully saturated rings. The Morgan fingerprint density at radius 1 is 1.16 bits per heavy atom. The standard InChI is InChI=1S/C20H30N2O3/c1-2-17(15-21-8-1)16-24-19-3-9-22(10-4-19)18-5-11-25-20(14-18)6-12-23-13-7-20/h1-2,8,15,18-19H,3-7,9-14,16H2. The number of hydrogen-bond acceptors (Lipinski definition) is 5. The fraction of sp³-hybridized carbons (Fsp3) is 0.750. The second-order valence-electron chi connectivity index (χ2n) is 7.70. The van der Waals surface area contributed by atoms with E-state index in [-0.39, 0.29) is 5.60 Å². The SMILES string of the molecule is c1cncc(COC2CCN(C3CCOC4(CCOCC4)C3)CC2)c1. The summed E-state index contributed by atoms with van der Waals surface area (Å²) in [5, 5.41) is 0. The van der Waals surface area contributed by atoms with Gasteiger partial charge in [0, 0.05) is 51.3 Å². The summed E-state index contributed by atoms with van der Waals surface area (Å²) in [5.74, 6) is 0. The van der Waals surface area contributed by atoms with E-state index in [2.05, 4.69) is 16.0 Å². The van der Waals surface area contributed by atoms with E-state index < -0.39 is 0 Å². The Morgan fingerprint density at radius 2 is 2.00 bits per heavy atom. The van der Waals surface area contributed by atoms with Gasteiger partial charge in [-0.25, -0.2) is 0 Å². The molecule has 1 aromatic heterocycles. The summed E-state index contributed by atoms with van der Waals surface area (Å²) in [6, 6.07) is 4.72. The molecule has 0 amide bonds. The van der Waals surface area contributed by atoms with Gasteiger partial charge in [-0.3, -0.25) is 9.88 Å². The zero-order valence-corrected chi connectivity index (χ0v) is 15.1. The highest BCUT2D eigenvalue weighted by atomic mass is 16.5. The minimum Gasteiger partial charge on any atom is -0.381 e. The number of hydrogen-bond donors (Lipinski definition) is 0. The predicted octanol–water partition coefficient (Wildman–Crippen LogP) is 2.79. The maximum absolute atomic E-state index is 6.20. The fourth-order valence-corrected chi connectivity index (χ4v) is 4.51. The molecule has 0 saturated carbocycles. The van der Waals surface area contributed by atoms with E-state index in [1.165, 1.54) is 12.8 Å². The lowest BCUT2D eigenvalue weighted by Crippen LogP contribution is -2.53. The molecular formula is C20H30N2O3. The third-order valence-electron chi connectivity index (χ3n) is 6.07. The van der Waals surface area contributed by atoms with Crippen molar-refractivity contribution in [2.24, 2.45) is 0 Å². The van der Waals surface area contributed by atoms with Crippen molar-refractivity contribution in [2.45, 2.75) is 62.9 Å². The van der Waals surface area contributed by atoms with E-state index in [1.54, 1.807) is 6.20 Å². The molecule has 0 bridgehead atoms. The number of aromatic nitrogens is 1. The summed E-state index contributed by atoms with van der Waals surface area (Å²) in [4.78, 5) is 6.84. The quantitative estimate of drug-likeness (QED) is 0.839. The van der Waals surface area contributed by atoms with Crippen LogP contribution in [0.2, 0.25) is 0 Å². The molecule has 1 aromatic rings. The molecular weight excluding hydrogens is 316 g/mol. The lowest BCUT2D eigenvalue weighted by molar-refractivity contribution is -0.154. The summed E-state index contributed by atoms with van der Waals surface area (Å²) < 4.78 is 17.8. The smallest absolute Gasteiger partial charge is 0.0741 e. The molecule has 5 heteroatoms. The average Bonchev–Trinajstić information content (AvgIpc) is 2.68. The lowest BCUT2D eigenvalue weighted by Gasteiger charge is -2.47. The van der Waals surface area contributed by atoms with Gasteiger partial charge >= 0.3 is 0 Å². The number of piperidine rings is 1. The first-order chi connectivity index (χ1) is 12.3. The highest BCUT2D eigenvalue weighted by Gasteiger charge is 2.41. The predicted molar refractivity (Wildman–Crippen MR) is 95.4 cm³/mol. The Balaban J connectivity index is 1.24. The highest BCUT2D eigenvalue weighted by molar-refractivity contribution is 5.06. The van der Waals surface area contributed by atoms with E-state index in [9.17, 15) is 0 Å². The lowest BCUT2D eigenvalue weighted by atomic mass is 9.83. The van der Waals surface area contributed by atoms with Gasteiger partial charge in [0.1, 0.15) is 0 Å². The minimum absolute atomic E-state index is 0.0921. The largest absolute Gasteiger partial charge is 0.381 e. The van der Waals surface area contributed by atoms with E-state index in [1.807, 2.05) is 12.3 Å². The molecule has 3 aliphatic heterocycles. The molecule has 0 aromatic carbocycles. The summed E-state index contributed by atoms with van der Waals surface area (Å²) in [5.41, 5.74) is 1.25. The molecule has 1 spiro atoms. The summed E-state index contributed by atoms with van der Waals surface area (Å²) in [7, 11) is 0. The van der Waals surface area contributed by atoms with Gasteiger partial charge in [-0.2, -0.15) is 0 Å². The zero-order chi connectivity index (χ0) is 17.0. The van der Waals surface area contributed by atoms with Crippen molar-refractivity contribution in [3.8, 4) is 0 Å². The minimum atomic E-state index is 0.0921. The van der Waals surface area contributed by atoms with Gasteiger partial charge in [0.2, 0.25) is 0 Å². The van der Waals surface area contributed by atoms with Crippen LogP contribution in [0.15, 0.2) is 24.5 Å². The monoisotopic (exact) mass is 346 g/mol. The first-order valence-corrected chi connectivity index (χ1v) is 9.79. The molecule has 3 aliphatic rings. The fourth-order valence-electron chi connectivity index (χ4n) is 4.51. The first kappa shape index (κ1) is 17.4. The number of rotatable bonds is 4. The van der Waals surface area contributed by atoms with Crippen molar-refractivity contribution < 1.29 is 14.2 Å². The van der Waals surface area contributed by atoms with Crippen molar-refractivity contribution >= 4 is 0 Å². The average molecular weight is 346 g/mol. The summed E-state index contributed by atoms with van der Waals surface area (Å²) in [6.45, 7) is 5.60. The Labute approximate surface area is 150 Å². The molecule has 138 valence electrons. The number of pyridine rings is 1. The van der Waals surface area contributed by atoms with Crippen molar-refractivity contribution in [2.75, 3.05) is 32.9 Å². The molecule has 4 heterocycles. The molecule has 0 radical (unpaired) electrons. The van der Waals surface area contributed by atoms with Gasteiger partial charge in [0.15, 0.2) is 0 Å². The third-order valence-corrected chi connectivity index (χ3v) is 6.07. The zero-order valence-electron chi connectivity index (χ0n) is 15.1. The Bertz CT molecular complexity index is 519. The molecule has 4 rings (SSSR count). The van der Waals surface area contributed by atoms with Crippen molar-refractivity contribution in [3.05, 3.63) is 30.1 Å². The molecule has 5 nitrogen and oxygen atoms in total. The van der Waals surface area contributed by atoms with Gasteiger partial charge < -0.3 is 14.2 Å². The van der Waals surface area contributed by atoms with E-state index in [0.29, 0.717) is 18.8 Å². The second-order valence-corrected chi connectivity index (χ2v) is 7.70. The first-order valence-electron chi connectivity index (χ1n) is 9.79. The van der Waals surface area contributed by atoms with Gasteiger partial charge in [0.05, 0.1) is 18.3 Å². The van der Waals surface area contributed by atoms with E-state index in [0.717, 1.165) is 64.2 Å². The van der Waals surface area contributed by atoms with Gasteiger partial charge in [-0.05, 0) is 50.2 Å². The maximum atomic E-state index is 6.20. The highest BCUT2D eigenvalue weighted by Crippen LogP contribution is 2.36. The van der Waals surface area contributed by atoms with Crippen LogP contribution in [-0.2, 0) is 20.8 Å². The summed E-state index contributed by atoms with van der Waals surface area (Å²) >= 11 is 0. The van der Waals surface area contributed by atoms with Crippen LogP contribution in [0.1, 0.15) is 44.1 Å². The van der Waals surface area contributed by atoms with Gasteiger partial charge in [-0.15, -0.1) is 0 Å². The molecule has 1 atom stereocenters. The number of ether oxygens (including phenoxy) is 3.